The molecule has 5 atom stereocenters. The van der Waals surface area contributed by atoms with Crippen molar-refractivity contribution in [2.24, 2.45) is 0 Å². The number of aliphatic hydroxyl groups excluding tert-OH is 3. The van der Waals surface area contributed by atoms with Gasteiger partial charge in [-0.2, -0.15) is 0 Å². The molecule has 3 N–H and O–H groups in total. The second kappa shape index (κ2) is 9.23. The van der Waals surface area contributed by atoms with Crippen molar-refractivity contribution in [3.05, 3.63) is 71.8 Å². The van der Waals surface area contributed by atoms with Gasteiger partial charge in [-0.25, -0.2) is 0 Å². The zero-order chi connectivity index (χ0) is 18.4. The molecule has 1 aliphatic rings. The van der Waals surface area contributed by atoms with Gasteiger partial charge < -0.3 is 29.5 Å². The van der Waals surface area contributed by atoms with E-state index in [0.717, 1.165) is 11.1 Å². The monoisotopic (exact) mass is 360 g/mol. The lowest BCUT2D eigenvalue weighted by molar-refractivity contribution is -0.300. The molecule has 2 aromatic carbocycles. The maximum atomic E-state index is 10.3. The molecule has 3 rings (SSSR count). The number of hydrogen-bond acceptors (Lipinski definition) is 6. The van der Waals surface area contributed by atoms with E-state index in [2.05, 4.69) is 0 Å². The van der Waals surface area contributed by atoms with Crippen molar-refractivity contribution in [2.75, 3.05) is 6.61 Å². The summed E-state index contributed by atoms with van der Waals surface area (Å²) in [6.45, 7) is 0.605. The summed E-state index contributed by atoms with van der Waals surface area (Å²) >= 11 is 0. The maximum Gasteiger partial charge on any atom is 0.184 e. The summed E-state index contributed by atoms with van der Waals surface area (Å²) in [6, 6.07) is 19.0. The van der Waals surface area contributed by atoms with Crippen LogP contribution < -0.4 is 0 Å². The van der Waals surface area contributed by atoms with E-state index in [1.807, 2.05) is 60.7 Å². The van der Waals surface area contributed by atoms with Crippen molar-refractivity contribution in [3.8, 4) is 0 Å². The van der Waals surface area contributed by atoms with Crippen molar-refractivity contribution in [2.45, 2.75) is 43.9 Å². The number of rotatable bonds is 7. The van der Waals surface area contributed by atoms with Crippen LogP contribution in [0.1, 0.15) is 11.1 Å². The van der Waals surface area contributed by atoms with Gasteiger partial charge in [-0.05, 0) is 11.1 Å². The van der Waals surface area contributed by atoms with E-state index in [1.165, 1.54) is 0 Å². The lowest BCUT2D eigenvalue weighted by Crippen LogP contribution is -2.59. The van der Waals surface area contributed by atoms with Crippen LogP contribution in [-0.4, -0.2) is 52.6 Å². The van der Waals surface area contributed by atoms with Crippen molar-refractivity contribution >= 4 is 0 Å². The summed E-state index contributed by atoms with van der Waals surface area (Å²) < 4.78 is 16.5. The number of aliphatic hydroxyl groups is 3. The first-order valence-electron chi connectivity index (χ1n) is 8.62. The molecule has 6 heteroatoms. The Kier molecular flexibility index (Phi) is 6.73. The molecule has 1 saturated heterocycles. The summed E-state index contributed by atoms with van der Waals surface area (Å²) in [6.07, 6.45) is -5.69. The van der Waals surface area contributed by atoms with Crippen molar-refractivity contribution in [1.29, 1.82) is 0 Å². The van der Waals surface area contributed by atoms with Crippen LogP contribution in [0.3, 0.4) is 0 Å². The van der Waals surface area contributed by atoms with Gasteiger partial charge in [0.15, 0.2) is 6.29 Å². The molecule has 1 heterocycles. The highest BCUT2D eigenvalue weighted by molar-refractivity contribution is 5.14. The minimum atomic E-state index is -1.34. The van der Waals surface area contributed by atoms with Crippen LogP contribution in [0.4, 0.5) is 0 Å². The summed E-state index contributed by atoms with van der Waals surface area (Å²) in [5.74, 6) is 0. The molecule has 3 unspecified atom stereocenters. The second-order valence-electron chi connectivity index (χ2n) is 6.31. The summed E-state index contributed by atoms with van der Waals surface area (Å²) in [5.41, 5.74) is 1.89. The fraction of sp³-hybridized carbons (Fsp3) is 0.400. The third-order valence-corrected chi connectivity index (χ3v) is 4.34. The van der Waals surface area contributed by atoms with Crippen LogP contribution in [-0.2, 0) is 27.4 Å². The van der Waals surface area contributed by atoms with E-state index in [1.54, 1.807) is 0 Å². The fourth-order valence-corrected chi connectivity index (χ4v) is 2.87. The minimum Gasteiger partial charge on any atom is -0.387 e. The topological polar surface area (TPSA) is 88.4 Å². The van der Waals surface area contributed by atoms with Crippen LogP contribution in [0, 0.1) is 0 Å². The molecular weight excluding hydrogens is 336 g/mol. The average Bonchev–Trinajstić information content (AvgIpc) is 2.67. The van der Waals surface area contributed by atoms with Crippen LogP contribution in [0.25, 0.3) is 0 Å². The highest BCUT2D eigenvalue weighted by Gasteiger charge is 2.44. The number of benzene rings is 2. The highest BCUT2D eigenvalue weighted by Crippen LogP contribution is 2.24. The predicted octanol–water partition coefficient (Wildman–Crippen LogP) is 1.23. The highest BCUT2D eigenvalue weighted by atomic mass is 16.7. The predicted molar refractivity (Wildman–Crippen MR) is 94.0 cm³/mol. The molecule has 1 fully saturated rings. The van der Waals surface area contributed by atoms with Crippen LogP contribution in [0.5, 0.6) is 0 Å². The Hall–Kier alpha value is -1.80. The van der Waals surface area contributed by atoms with Gasteiger partial charge in [0.05, 0.1) is 19.8 Å². The van der Waals surface area contributed by atoms with E-state index in [4.69, 9.17) is 14.2 Å². The van der Waals surface area contributed by atoms with Gasteiger partial charge in [-0.3, -0.25) is 0 Å². The largest absolute Gasteiger partial charge is 0.387 e. The number of hydrogen-bond donors (Lipinski definition) is 3. The van der Waals surface area contributed by atoms with Crippen molar-refractivity contribution < 1.29 is 29.5 Å². The molecule has 6 nitrogen and oxygen atoms in total. The molecule has 0 bridgehead atoms. The summed E-state index contributed by atoms with van der Waals surface area (Å²) in [7, 11) is 0. The van der Waals surface area contributed by atoms with Gasteiger partial charge in [0.2, 0.25) is 0 Å². The van der Waals surface area contributed by atoms with Gasteiger partial charge in [-0.15, -0.1) is 0 Å². The quantitative estimate of drug-likeness (QED) is 0.688. The first kappa shape index (κ1) is 19.0. The molecule has 0 aliphatic carbocycles. The van der Waals surface area contributed by atoms with Gasteiger partial charge >= 0.3 is 0 Å². The molecule has 0 radical (unpaired) electrons. The molecule has 26 heavy (non-hydrogen) atoms. The lowest BCUT2D eigenvalue weighted by Gasteiger charge is -2.40. The Morgan fingerprint density at radius 2 is 1.35 bits per heavy atom. The average molecular weight is 360 g/mol. The maximum absolute atomic E-state index is 10.3. The van der Waals surface area contributed by atoms with Crippen LogP contribution in [0.15, 0.2) is 60.7 Å². The lowest BCUT2D eigenvalue weighted by atomic mass is 9.99. The van der Waals surface area contributed by atoms with E-state index in [-0.39, 0.29) is 13.2 Å². The Morgan fingerprint density at radius 3 is 1.96 bits per heavy atom. The van der Waals surface area contributed by atoms with E-state index in [0.29, 0.717) is 6.61 Å². The normalized spacial score (nSPS) is 28.8. The fourth-order valence-electron chi connectivity index (χ4n) is 2.87. The number of ether oxygens (including phenoxy) is 3. The van der Waals surface area contributed by atoms with E-state index in [9.17, 15) is 15.3 Å². The Balaban J connectivity index is 1.49. The van der Waals surface area contributed by atoms with Crippen LogP contribution >= 0.6 is 0 Å². The molecule has 2 aromatic rings. The Morgan fingerprint density at radius 1 is 0.769 bits per heavy atom. The van der Waals surface area contributed by atoms with E-state index >= 15 is 0 Å². The zero-order valence-corrected chi connectivity index (χ0v) is 14.3. The van der Waals surface area contributed by atoms with Crippen molar-refractivity contribution in [3.63, 3.8) is 0 Å². The summed E-state index contributed by atoms with van der Waals surface area (Å²) in [5, 5.41) is 30.7. The van der Waals surface area contributed by atoms with Gasteiger partial charge in [0, 0.05) is 0 Å². The van der Waals surface area contributed by atoms with Crippen LogP contribution in [0.2, 0.25) is 0 Å². The molecular formula is C20H24O6. The molecule has 0 amide bonds. The zero-order valence-electron chi connectivity index (χ0n) is 14.3. The first-order valence-corrected chi connectivity index (χ1v) is 8.62. The molecule has 0 saturated carbocycles. The molecule has 1 aliphatic heterocycles. The molecule has 0 spiro atoms. The Bertz CT molecular complexity index is 648. The van der Waals surface area contributed by atoms with E-state index < -0.39 is 30.7 Å². The molecule has 140 valence electrons. The SMILES string of the molecule is OC1C(OCc2ccccc2)[C@@H](O)OC(COCc2ccccc2)[C@H]1O. The first-order chi connectivity index (χ1) is 12.6. The van der Waals surface area contributed by atoms with Crippen molar-refractivity contribution in [1.82, 2.24) is 0 Å². The second-order valence-corrected chi connectivity index (χ2v) is 6.31. The Labute approximate surface area is 152 Å². The van der Waals surface area contributed by atoms with Gasteiger partial charge in [0.25, 0.3) is 0 Å². The minimum absolute atomic E-state index is 0.0512. The smallest absolute Gasteiger partial charge is 0.184 e. The standard InChI is InChI=1S/C20H24O6/c21-17-16(13-24-11-14-7-3-1-4-8-14)26-20(23)19(18(17)22)25-12-15-9-5-2-6-10-15/h1-10,16-23H,11-13H2/t16?,17-,18?,19?,20+/m1/s1. The summed E-state index contributed by atoms with van der Waals surface area (Å²) in [4.78, 5) is 0. The van der Waals surface area contributed by atoms with Gasteiger partial charge in [-0.1, -0.05) is 60.7 Å². The molecule has 0 aromatic heterocycles. The third-order valence-electron chi connectivity index (χ3n) is 4.34. The third kappa shape index (κ3) is 4.88. The van der Waals surface area contributed by atoms with Gasteiger partial charge in [0.1, 0.15) is 24.4 Å².